The summed E-state index contributed by atoms with van der Waals surface area (Å²) in [5.41, 5.74) is -1.33. The van der Waals surface area contributed by atoms with Crippen LogP contribution in [0.25, 0.3) is 0 Å². The van der Waals surface area contributed by atoms with Gasteiger partial charge in [0, 0.05) is 9.37 Å². The average Bonchev–Trinajstić information content (AvgIpc) is 2.82. The summed E-state index contributed by atoms with van der Waals surface area (Å²) in [4.78, 5) is 14.4. The van der Waals surface area contributed by atoms with Crippen LogP contribution >= 0.6 is 39.0 Å². The predicted molar refractivity (Wildman–Crippen MR) is 77.8 cm³/mol. The van der Waals surface area contributed by atoms with Gasteiger partial charge in [-0.25, -0.2) is 9.78 Å². The number of aromatic carboxylic acids is 1. The van der Waals surface area contributed by atoms with Gasteiger partial charge in [-0.1, -0.05) is 15.9 Å². The number of halogens is 4. The normalized spacial score (nSPS) is 11.6. The predicted octanol–water partition coefficient (Wildman–Crippen LogP) is 4.91. The molecule has 1 aromatic carbocycles. The molecule has 0 amide bonds. The summed E-state index contributed by atoms with van der Waals surface area (Å²) >= 11 is 5.13. The van der Waals surface area contributed by atoms with E-state index in [-0.39, 0.29) is 10.8 Å². The van der Waals surface area contributed by atoms with E-state index in [2.05, 4.69) is 20.9 Å². The fraction of sp³-hybridized carbons (Fsp3) is 0.167. The minimum Gasteiger partial charge on any atom is -0.477 e. The van der Waals surface area contributed by atoms with E-state index in [9.17, 15) is 18.0 Å². The molecule has 0 aliphatic heterocycles. The van der Waals surface area contributed by atoms with Gasteiger partial charge in [-0.05, 0) is 24.3 Å². The summed E-state index contributed by atoms with van der Waals surface area (Å²) in [6, 6.07) is 7.25. The molecule has 0 saturated heterocycles. The lowest BCUT2D eigenvalue weighted by Crippen LogP contribution is -2.11. The van der Waals surface area contributed by atoms with Gasteiger partial charge in [0.1, 0.15) is 9.88 Å². The van der Waals surface area contributed by atoms with Gasteiger partial charge >= 0.3 is 12.1 Å². The molecular weight excluding hydrogens is 391 g/mol. The second kappa shape index (κ2) is 6.37. The van der Waals surface area contributed by atoms with Crippen molar-refractivity contribution in [2.24, 2.45) is 0 Å². The van der Waals surface area contributed by atoms with Crippen LogP contribution in [0.5, 0.6) is 0 Å². The second-order valence-corrected chi connectivity index (χ2v) is 6.88. The highest BCUT2D eigenvalue weighted by molar-refractivity contribution is 9.10. The van der Waals surface area contributed by atoms with Gasteiger partial charge in [-0.3, -0.25) is 0 Å². The summed E-state index contributed by atoms with van der Waals surface area (Å²) in [5.74, 6) is -1.43. The third kappa shape index (κ3) is 4.21. The van der Waals surface area contributed by atoms with Crippen LogP contribution in [0.3, 0.4) is 0 Å². The number of benzene rings is 1. The topological polar surface area (TPSA) is 50.2 Å². The van der Waals surface area contributed by atoms with E-state index in [0.717, 1.165) is 9.37 Å². The Morgan fingerprint density at radius 2 is 1.95 bits per heavy atom. The quantitative estimate of drug-likeness (QED) is 0.744. The minimum atomic E-state index is -4.76. The van der Waals surface area contributed by atoms with Crippen molar-refractivity contribution in [3.8, 4) is 0 Å². The van der Waals surface area contributed by atoms with Gasteiger partial charge in [0.2, 0.25) is 0 Å². The van der Waals surface area contributed by atoms with Gasteiger partial charge in [0.05, 0.1) is 5.75 Å². The summed E-state index contributed by atoms with van der Waals surface area (Å²) in [7, 11) is 0. The Labute approximate surface area is 134 Å². The summed E-state index contributed by atoms with van der Waals surface area (Å²) in [6.07, 6.45) is -4.76. The highest BCUT2D eigenvalue weighted by Gasteiger charge is 2.39. The van der Waals surface area contributed by atoms with Crippen molar-refractivity contribution in [1.29, 1.82) is 0 Å². The number of alkyl halides is 3. The molecule has 0 radical (unpaired) electrons. The first kappa shape index (κ1) is 16.3. The van der Waals surface area contributed by atoms with Crippen molar-refractivity contribution in [2.75, 3.05) is 0 Å². The summed E-state index contributed by atoms with van der Waals surface area (Å²) < 4.78 is 39.0. The van der Waals surface area contributed by atoms with Crippen LogP contribution < -0.4 is 0 Å². The Bertz CT molecular complexity index is 656. The monoisotopic (exact) mass is 397 g/mol. The maximum absolute atomic E-state index is 12.7. The molecule has 0 atom stereocenters. The lowest BCUT2D eigenvalue weighted by atomic mass is 10.3. The van der Waals surface area contributed by atoms with E-state index in [0.29, 0.717) is 11.3 Å². The molecule has 112 valence electrons. The van der Waals surface area contributed by atoms with Gasteiger partial charge < -0.3 is 5.11 Å². The standard InChI is InChI=1S/C12H7BrF3NO2S2/c13-6-1-3-7(4-2-6)20-5-8-17-10(12(14,15)16)9(21-8)11(18)19/h1-4H,5H2,(H,18,19). The van der Waals surface area contributed by atoms with Crippen LogP contribution in [0.15, 0.2) is 33.6 Å². The Kier molecular flexibility index (Phi) is 4.95. The first-order valence-corrected chi connectivity index (χ1v) is 8.05. The lowest BCUT2D eigenvalue weighted by Gasteiger charge is -2.02. The molecular formula is C12H7BrF3NO2S2. The molecule has 0 unspecified atom stereocenters. The van der Waals surface area contributed by atoms with Crippen molar-refractivity contribution in [1.82, 2.24) is 4.98 Å². The van der Waals surface area contributed by atoms with Gasteiger partial charge in [0.25, 0.3) is 0 Å². The van der Waals surface area contributed by atoms with E-state index < -0.39 is 22.7 Å². The van der Waals surface area contributed by atoms with Crippen LogP contribution in [0.2, 0.25) is 0 Å². The molecule has 0 bridgehead atoms. The van der Waals surface area contributed by atoms with Crippen molar-refractivity contribution >= 4 is 45.0 Å². The number of nitrogens with zero attached hydrogens (tertiary/aromatic N) is 1. The third-order valence-corrected chi connectivity index (χ3v) is 5.09. The molecule has 0 saturated carbocycles. The summed E-state index contributed by atoms with van der Waals surface area (Å²) in [5, 5.41) is 8.95. The van der Waals surface area contributed by atoms with Crippen LogP contribution in [-0.4, -0.2) is 16.1 Å². The number of carboxylic acid groups (broad SMARTS) is 1. The molecule has 0 aliphatic rings. The number of hydrogen-bond acceptors (Lipinski definition) is 4. The molecule has 9 heteroatoms. The molecule has 1 heterocycles. The number of thioether (sulfide) groups is 1. The molecule has 2 rings (SSSR count). The maximum atomic E-state index is 12.7. The first-order chi connectivity index (χ1) is 9.77. The number of aromatic nitrogens is 1. The summed E-state index contributed by atoms with van der Waals surface area (Å²) in [6.45, 7) is 0. The van der Waals surface area contributed by atoms with Crippen molar-refractivity contribution in [3.63, 3.8) is 0 Å². The fourth-order valence-corrected chi connectivity index (χ4v) is 3.52. The number of thiazole rings is 1. The second-order valence-electron chi connectivity index (χ2n) is 3.83. The number of rotatable bonds is 4. The third-order valence-electron chi connectivity index (χ3n) is 2.31. The van der Waals surface area contributed by atoms with E-state index in [1.165, 1.54) is 11.8 Å². The number of hydrogen-bond donors (Lipinski definition) is 1. The zero-order chi connectivity index (χ0) is 15.6. The lowest BCUT2D eigenvalue weighted by molar-refractivity contribution is -0.141. The number of carboxylic acids is 1. The molecule has 1 N–H and O–H groups in total. The Morgan fingerprint density at radius 1 is 1.33 bits per heavy atom. The van der Waals surface area contributed by atoms with Crippen molar-refractivity contribution in [2.45, 2.75) is 16.8 Å². The molecule has 21 heavy (non-hydrogen) atoms. The Balaban J connectivity index is 2.17. The zero-order valence-electron chi connectivity index (χ0n) is 10.1. The molecule has 0 aliphatic carbocycles. The minimum absolute atomic E-state index is 0.132. The average molecular weight is 398 g/mol. The number of carbonyl (C=O) groups is 1. The molecule has 0 spiro atoms. The van der Waals surface area contributed by atoms with Crippen LogP contribution in [-0.2, 0) is 11.9 Å². The van der Waals surface area contributed by atoms with E-state index in [4.69, 9.17) is 5.11 Å². The van der Waals surface area contributed by atoms with Crippen LogP contribution in [0.4, 0.5) is 13.2 Å². The van der Waals surface area contributed by atoms with Gasteiger partial charge in [-0.15, -0.1) is 23.1 Å². The Morgan fingerprint density at radius 3 is 2.43 bits per heavy atom. The Hall–Kier alpha value is -1.06. The first-order valence-electron chi connectivity index (χ1n) is 5.46. The van der Waals surface area contributed by atoms with Crippen LogP contribution in [0.1, 0.15) is 20.4 Å². The van der Waals surface area contributed by atoms with Gasteiger partial charge in [0.15, 0.2) is 5.69 Å². The van der Waals surface area contributed by atoms with Crippen molar-refractivity contribution < 1.29 is 23.1 Å². The largest absolute Gasteiger partial charge is 0.477 e. The molecule has 1 aromatic heterocycles. The zero-order valence-corrected chi connectivity index (χ0v) is 13.4. The fourth-order valence-electron chi connectivity index (χ4n) is 1.44. The smallest absolute Gasteiger partial charge is 0.435 e. The van der Waals surface area contributed by atoms with Crippen molar-refractivity contribution in [3.05, 3.63) is 44.3 Å². The van der Waals surface area contributed by atoms with E-state index >= 15 is 0 Å². The van der Waals surface area contributed by atoms with E-state index in [1.54, 1.807) is 0 Å². The molecule has 3 nitrogen and oxygen atoms in total. The maximum Gasteiger partial charge on any atom is 0.435 e. The highest BCUT2D eigenvalue weighted by Crippen LogP contribution is 2.36. The van der Waals surface area contributed by atoms with Gasteiger partial charge in [-0.2, -0.15) is 13.2 Å². The van der Waals surface area contributed by atoms with Crippen LogP contribution in [0, 0.1) is 0 Å². The molecule has 0 fully saturated rings. The highest BCUT2D eigenvalue weighted by atomic mass is 79.9. The molecule has 2 aromatic rings. The van der Waals surface area contributed by atoms with E-state index in [1.807, 2.05) is 24.3 Å². The SMILES string of the molecule is O=C(O)c1sc(CSc2ccc(Br)cc2)nc1C(F)(F)F.